The summed E-state index contributed by atoms with van der Waals surface area (Å²) in [5.41, 5.74) is 0. The summed E-state index contributed by atoms with van der Waals surface area (Å²) >= 11 is 0. The van der Waals surface area contributed by atoms with E-state index in [1.807, 2.05) is 0 Å². The molecule has 0 aromatic rings. The number of hydrogen-bond acceptors (Lipinski definition) is 3. The van der Waals surface area contributed by atoms with Gasteiger partial charge in [0.2, 0.25) is 0 Å². The van der Waals surface area contributed by atoms with Crippen LogP contribution < -0.4 is 0 Å². The fourth-order valence-corrected chi connectivity index (χ4v) is 0.0881. The van der Waals surface area contributed by atoms with Crippen molar-refractivity contribution >= 4 is 0 Å². The Morgan fingerprint density at radius 2 is 1.86 bits per heavy atom. The molecule has 0 fully saturated rings. The molecule has 0 rings (SSSR count). The van der Waals surface area contributed by atoms with E-state index in [0.29, 0.717) is 0 Å². The normalized spacial score (nSPS) is 18.9. The molecule has 0 aliphatic rings. The monoisotopic (exact) mass is 106 g/mol. The third kappa shape index (κ3) is 2.56. The Labute approximate surface area is 42.5 Å². The third-order valence-corrected chi connectivity index (χ3v) is 0.846. The average Bonchev–Trinajstić information content (AvgIpc) is 1.65. The zero-order valence-corrected chi connectivity index (χ0v) is 4.46. The number of hydrogen-bond donors (Lipinski definition) is 2. The molecule has 0 radical (unpaired) electrons. The molecule has 44 valence electrons. The lowest BCUT2D eigenvalue weighted by molar-refractivity contribution is -0.289. The van der Waals surface area contributed by atoms with Gasteiger partial charge in [-0.25, -0.2) is 4.89 Å². The van der Waals surface area contributed by atoms with Crippen LogP contribution >= 0.6 is 0 Å². The summed E-state index contributed by atoms with van der Waals surface area (Å²) in [7, 11) is 0. The Morgan fingerprint density at radius 3 is 1.86 bits per heavy atom. The zero-order valence-electron chi connectivity index (χ0n) is 4.46. The molecule has 0 aromatic carbocycles. The second-order valence-electron chi connectivity index (χ2n) is 1.55. The van der Waals surface area contributed by atoms with Crippen molar-refractivity contribution in [3.05, 3.63) is 0 Å². The first-order valence-electron chi connectivity index (χ1n) is 2.16. The van der Waals surface area contributed by atoms with E-state index >= 15 is 0 Å². The van der Waals surface area contributed by atoms with Crippen molar-refractivity contribution in [1.82, 2.24) is 0 Å². The van der Waals surface area contributed by atoms with Crippen molar-refractivity contribution < 1.29 is 15.3 Å². The van der Waals surface area contributed by atoms with E-state index in [-0.39, 0.29) is 0 Å². The molecule has 2 atom stereocenters. The number of aliphatic hydroxyl groups excluding tert-OH is 1. The molecule has 0 aliphatic carbocycles. The maximum absolute atomic E-state index is 8.54. The van der Waals surface area contributed by atoms with E-state index in [4.69, 9.17) is 10.4 Å². The molecular weight excluding hydrogens is 96.0 g/mol. The Morgan fingerprint density at radius 1 is 1.43 bits per heavy atom. The predicted molar refractivity (Wildman–Crippen MR) is 24.9 cm³/mol. The standard InChI is InChI=1S/C4H10O3/c1-3(5)4(2)7-6/h3-6H,1-2H3. The third-order valence-electron chi connectivity index (χ3n) is 0.846. The molecule has 0 saturated carbocycles. The Bertz CT molecular complexity index is 44.2. The van der Waals surface area contributed by atoms with Gasteiger partial charge in [-0.3, -0.25) is 5.26 Å². The largest absolute Gasteiger partial charge is 0.391 e. The smallest absolute Gasteiger partial charge is 0.115 e. The molecule has 7 heavy (non-hydrogen) atoms. The van der Waals surface area contributed by atoms with E-state index in [1.54, 1.807) is 13.8 Å². The van der Waals surface area contributed by atoms with Gasteiger partial charge in [-0.2, -0.15) is 0 Å². The molecule has 0 amide bonds. The second-order valence-corrected chi connectivity index (χ2v) is 1.55. The van der Waals surface area contributed by atoms with Gasteiger partial charge in [0.25, 0.3) is 0 Å². The van der Waals surface area contributed by atoms with Crippen molar-refractivity contribution in [1.29, 1.82) is 0 Å². The predicted octanol–water partition coefficient (Wildman–Crippen LogP) is 0.245. The summed E-state index contributed by atoms with van der Waals surface area (Å²) < 4.78 is 0. The maximum Gasteiger partial charge on any atom is 0.115 e. The van der Waals surface area contributed by atoms with Crippen LogP contribution in [0.2, 0.25) is 0 Å². The van der Waals surface area contributed by atoms with Crippen LogP contribution in [0.1, 0.15) is 13.8 Å². The first kappa shape index (κ1) is 6.88. The summed E-state index contributed by atoms with van der Waals surface area (Å²) in [6.07, 6.45) is -1.09. The minimum atomic E-state index is -0.606. The van der Waals surface area contributed by atoms with Crippen molar-refractivity contribution in [2.45, 2.75) is 26.1 Å². The van der Waals surface area contributed by atoms with Crippen molar-refractivity contribution in [2.75, 3.05) is 0 Å². The van der Waals surface area contributed by atoms with Gasteiger partial charge in [0.15, 0.2) is 0 Å². The lowest BCUT2D eigenvalue weighted by Gasteiger charge is -2.08. The van der Waals surface area contributed by atoms with E-state index in [0.717, 1.165) is 0 Å². The molecule has 2 N–H and O–H groups in total. The summed E-state index contributed by atoms with van der Waals surface area (Å²) in [6, 6.07) is 0. The first-order valence-corrected chi connectivity index (χ1v) is 2.16. The molecule has 0 aliphatic heterocycles. The van der Waals surface area contributed by atoms with Crippen molar-refractivity contribution in [3.8, 4) is 0 Å². The molecule has 0 spiro atoms. The van der Waals surface area contributed by atoms with Crippen LogP contribution in [0.25, 0.3) is 0 Å². The number of aliphatic hydroxyl groups is 1. The molecule has 0 saturated heterocycles. The highest BCUT2D eigenvalue weighted by atomic mass is 17.1. The van der Waals surface area contributed by atoms with Gasteiger partial charge in [-0.05, 0) is 13.8 Å². The van der Waals surface area contributed by atoms with E-state index in [1.165, 1.54) is 0 Å². The van der Waals surface area contributed by atoms with Crippen LogP contribution in [-0.2, 0) is 4.89 Å². The average molecular weight is 106 g/mol. The van der Waals surface area contributed by atoms with E-state index in [9.17, 15) is 0 Å². The van der Waals surface area contributed by atoms with Crippen LogP contribution in [0.3, 0.4) is 0 Å². The van der Waals surface area contributed by atoms with E-state index in [2.05, 4.69) is 4.89 Å². The Kier molecular flexibility index (Phi) is 2.91. The van der Waals surface area contributed by atoms with Gasteiger partial charge in [0.05, 0.1) is 6.10 Å². The number of rotatable bonds is 2. The SMILES string of the molecule is CC(O)C(C)OO. The van der Waals surface area contributed by atoms with Gasteiger partial charge < -0.3 is 5.11 Å². The van der Waals surface area contributed by atoms with Crippen molar-refractivity contribution in [2.24, 2.45) is 0 Å². The van der Waals surface area contributed by atoms with Crippen LogP contribution in [0.15, 0.2) is 0 Å². The summed E-state index contributed by atoms with van der Waals surface area (Å²) in [6.45, 7) is 3.12. The highest BCUT2D eigenvalue weighted by Gasteiger charge is 2.06. The van der Waals surface area contributed by atoms with Crippen LogP contribution in [-0.4, -0.2) is 22.6 Å². The van der Waals surface area contributed by atoms with Crippen LogP contribution in [0, 0.1) is 0 Å². The van der Waals surface area contributed by atoms with E-state index < -0.39 is 12.2 Å². The quantitative estimate of drug-likeness (QED) is 0.391. The molecule has 3 nitrogen and oxygen atoms in total. The fraction of sp³-hybridized carbons (Fsp3) is 1.00. The maximum atomic E-state index is 8.54. The molecule has 0 heterocycles. The second kappa shape index (κ2) is 2.96. The molecule has 0 aromatic heterocycles. The minimum Gasteiger partial charge on any atom is -0.391 e. The first-order chi connectivity index (χ1) is 3.18. The molecule has 0 bridgehead atoms. The summed E-state index contributed by atoms with van der Waals surface area (Å²) in [5.74, 6) is 0. The van der Waals surface area contributed by atoms with Gasteiger partial charge in [-0.1, -0.05) is 0 Å². The van der Waals surface area contributed by atoms with Crippen molar-refractivity contribution in [3.63, 3.8) is 0 Å². The highest BCUT2D eigenvalue weighted by molar-refractivity contribution is 4.52. The summed E-state index contributed by atoms with van der Waals surface area (Å²) in [5, 5.41) is 16.4. The van der Waals surface area contributed by atoms with Crippen LogP contribution in [0.5, 0.6) is 0 Å². The van der Waals surface area contributed by atoms with Gasteiger partial charge in [0.1, 0.15) is 6.10 Å². The lowest BCUT2D eigenvalue weighted by Crippen LogP contribution is -2.20. The Hall–Kier alpha value is -0.120. The molecule has 2 unspecified atom stereocenters. The molecule has 3 heteroatoms. The fourth-order valence-electron chi connectivity index (χ4n) is 0.0881. The molecular formula is C4H10O3. The zero-order chi connectivity index (χ0) is 5.86. The van der Waals surface area contributed by atoms with Gasteiger partial charge >= 0.3 is 0 Å². The van der Waals surface area contributed by atoms with Gasteiger partial charge in [0, 0.05) is 0 Å². The summed E-state index contributed by atoms with van der Waals surface area (Å²) in [4.78, 5) is 3.76. The minimum absolute atomic E-state index is 0.486. The lowest BCUT2D eigenvalue weighted by atomic mass is 10.3. The Balaban J connectivity index is 3.14. The highest BCUT2D eigenvalue weighted by Crippen LogP contribution is 1.92. The van der Waals surface area contributed by atoms with Crippen LogP contribution in [0.4, 0.5) is 0 Å². The topological polar surface area (TPSA) is 49.7 Å². The van der Waals surface area contributed by atoms with Gasteiger partial charge in [-0.15, -0.1) is 0 Å².